The van der Waals surface area contributed by atoms with Crippen LogP contribution in [0.4, 0.5) is 5.69 Å². The van der Waals surface area contributed by atoms with E-state index in [1.54, 1.807) is 34.5 Å². The summed E-state index contributed by atoms with van der Waals surface area (Å²) in [5, 5.41) is 3.82. The number of aryl methyl sites for hydroxylation is 1. The zero-order chi connectivity index (χ0) is 23.5. The third-order valence-corrected chi connectivity index (χ3v) is 7.78. The summed E-state index contributed by atoms with van der Waals surface area (Å²) in [5.74, 6) is 1.27. The molecule has 0 aliphatic carbocycles. The van der Waals surface area contributed by atoms with Crippen LogP contribution in [0.25, 0.3) is 0 Å². The highest BCUT2D eigenvalue weighted by Crippen LogP contribution is 2.35. The molecule has 34 heavy (non-hydrogen) atoms. The van der Waals surface area contributed by atoms with E-state index < -0.39 is 0 Å². The number of fused-ring (bicyclic) bond motifs is 2. The first kappa shape index (κ1) is 22.9. The van der Waals surface area contributed by atoms with Crippen molar-refractivity contribution >= 4 is 35.1 Å². The van der Waals surface area contributed by atoms with Crippen molar-refractivity contribution in [2.45, 2.75) is 41.6 Å². The Kier molecular flexibility index (Phi) is 6.82. The molecule has 1 amide bonds. The van der Waals surface area contributed by atoms with Crippen LogP contribution < -0.4 is 20.3 Å². The van der Waals surface area contributed by atoms with Crippen molar-refractivity contribution in [2.24, 2.45) is 0 Å². The van der Waals surface area contributed by atoms with Gasteiger partial charge in [0.2, 0.25) is 5.91 Å². The van der Waals surface area contributed by atoms with Crippen molar-refractivity contribution in [3.63, 3.8) is 0 Å². The van der Waals surface area contributed by atoms with E-state index in [-0.39, 0.29) is 17.2 Å². The van der Waals surface area contributed by atoms with Crippen LogP contribution in [0.1, 0.15) is 18.2 Å². The number of hydrogen-bond donors (Lipinski definition) is 1. The van der Waals surface area contributed by atoms with Gasteiger partial charge in [-0.05, 0) is 24.1 Å². The van der Waals surface area contributed by atoms with Crippen LogP contribution in [-0.4, -0.2) is 39.7 Å². The molecule has 176 valence electrons. The van der Waals surface area contributed by atoms with Crippen molar-refractivity contribution in [1.82, 2.24) is 9.55 Å². The first-order valence-electron chi connectivity index (χ1n) is 11.2. The highest BCUT2D eigenvalue weighted by molar-refractivity contribution is 8.00. The molecule has 7 nitrogen and oxygen atoms in total. The van der Waals surface area contributed by atoms with Gasteiger partial charge in [-0.25, -0.2) is 4.98 Å². The van der Waals surface area contributed by atoms with Gasteiger partial charge in [-0.3, -0.25) is 14.2 Å². The van der Waals surface area contributed by atoms with E-state index in [9.17, 15) is 9.59 Å². The molecule has 0 saturated carbocycles. The summed E-state index contributed by atoms with van der Waals surface area (Å²) in [6, 6.07) is 15.4. The van der Waals surface area contributed by atoms with E-state index in [4.69, 9.17) is 14.5 Å². The largest absolute Gasteiger partial charge is 0.486 e. The second-order valence-electron chi connectivity index (χ2n) is 8.19. The predicted octanol–water partition coefficient (Wildman–Crippen LogP) is 4.02. The van der Waals surface area contributed by atoms with E-state index >= 15 is 0 Å². The Morgan fingerprint density at radius 3 is 2.79 bits per heavy atom. The number of amides is 1. The molecule has 2 aliphatic rings. The molecule has 0 fully saturated rings. The van der Waals surface area contributed by atoms with Crippen LogP contribution in [0.3, 0.4) is 0 Å². The number of carbonyl (C=O) groups excluding carboxylic acids is 1. The monoisotopic (exact) mass is 495 g/mol. The van der Waals surface area contributed by atoms with Gasteiger partial charge < -0.3 is 14.8 Å². The van der Waals surface area contributed by atoms with Crippen LogP contribution in [-0.2, 0) is 24.2 Å². The van der Waals surface area contributed by atoms with Gasteiger partial charge in [-0.15, -0.1) is 11.8 Å². The molecule has 1 unspecified atom stereocenters. The molecule has 3 heterocycles. The van der Waals surface area contributed by atoms with Crippen LogP contribution >= 0.6 is 23.5 Å². The molecule has 9 heteroatoms. The molecule has 1 atom stereocenters. The summed E-state index contributed by atoms with van der Waals surface area (Å²) in [6.45, 7) is 3.63. The normalized spacial score (nSPS) is 16.2. The van der Waals surface area contributed by atoms with Gasteiger partial charge in [0, 0.05) is 30.0 Å². The van der Waals surface area contributed by atoms with E-state index in [1.807, 2.05) is 18.2 Å². The van der Waals surface area contributed by atoms with E-state index in [0.717, 1.165) is 29.0 Å². The molecular formula is C25H25N3O4S2. The minimum atomic E-state index is -0.172. The lowest BCUT2D eigenvalue weighted by molar-refractivity contribution is -0.113. The molecule has 0 bridgehead atoms. The zero-order valence-electron chi connectivity index (χ0n) is 18.8. The summed E-state index contributed by atoms with van der Waals surface area (Å²) in [6.07, 6.45) is 1.49. The lowest BCUT2D eigenvalue weighted by atomic mass is 10.1. The molecule has 5 rings (SSSR count). The van der Waals surface area contributed by atoms with Crippen LogP contribution in [0, 0.1) is 0 Å². The molecule has 2 aliphatic heterocycles. The predicted molar refractivity (Wildman–Crippen MR) is 134 cm³/mol. The number of nitrogens with one attached hydrogen (secondary N) is 1. The number of aromatic nitrogens is 2. The maximum absolute atomic E-state index is 13.3. The SMILES string of the molecule is CC1Cc2nc(SCC(=O)Nc3ccc4c(c3)OCCO4)n(CCc3ccccc3)c(=O)c2S1. The van der Waals surface area contributed by atoms with Crippen LogP contribution in [0.2, 0.25) is 0 Å². The third-order valence-electron chi connectivity index (χ3n) is 5.59. The van der Waals surface area contributed by atoms with Gasteiger partial charge in [-0.1, -0.05) is 49.0 Å². The number of thioether (sulfide) groups is 2. The Morgan fingerprint density at radius 2 is 1.97 bits per heavy atom. The van der Waals surface area contributed by atoms with Gasteiger partial charge in [0.1, 0.15) is 13.2 Å². The quantitative estimate of drug-likeness (QED) is 0.392. The van der Waals surface area contributed by atoms with Crippen LogP contribution in [0.5, 0.6) is 11.5 Å². The molecule has 2 aromatic carbocycles. The second-order valence-corrected chi connectivity index (χ2v) is 10.6. The smallest absolute Gasteiger partial charge is 0.268 e. The minimum absolute atomic E-state index is 0.00924. The number of carbonyl (C=O) groups is 1. The van der Waals surface area contributed by atoms with Gasteiger partial charge in [-0.2, -0.15) is 0 Å². The Morgan fingerprint density at radius 1 is 1.18 bits per heavy atom. The van der Waals surface area contributed by atoms with Gasteiger partial charge in [0.05, 0.1) is 16.3 Å². The number of ether oxygens (including phenoxy) is 2. The molecule has 1 aromatic heterocycles. The fourth-order valence-corrected chi connectivity index (χ4v) is 5.93. The molecule has 0 saturated heterocycles. The Balaban J connectivity index is 1.31. The maximum atomic E-state index is 13.3. The standard InChI is InChI=1S/C25H25N3O4S2/c1-16-13-19-23(34-16)24(30)28(10-9-17-5-3-2-4-6-17)25(27-19)33-15-22(29)26-18-7-8-20-21(14-18)32-12-11-31-20/h2-8,14,16H,9-13,15H2,1H3,(H,26,29). The Bertz CT molecular complexity index is 1260. The summed E-state index contributed by atoms with van der Waals surface area (Å²) in [4.78, 5) is 31.5. The zero-order valence-corrected chi connectivity index (χ0v) is 20.4. The molecule has 0 radical (unpaired) electrons. The van der Waals surface area contributed by atoms with Gasteiger partial charge >= 0.3 is 0 Å². The fraction of sp³-hybridized carbons (Fsp3) is 0.320. The third kappa shape index (κ3) is 5.10. The van der Waals surface area contributed by atoms with Crippen molar-refractivity contribution in [3.8, 4) is 11.5 Å². The minimum Gasteiger partial charge on any atom is -0.486 e. The summed E-state index contributed by atoms with van der Waals surface area (Å²) >= 11 is 2.89. The Hall–Kier alpha value is -2.91. The van der Waals surface area contributed by atoms with E-state index in [1.165, 1.54) is 11.8 Å². The molecule has 0 spiro atoms. The summed E-state index contributed by atoms with van der Waals surface area (Å²) in [7, 11) is 0. The molecule has 1 N–H and O–H groups in total. The first-order valence-corrected chi connectivity index (χ1v) is 13.1. The van der Waals surface area contributed by atoms with Crippen molar-refractivity contribution < 1.29 is 14.3 Å². The molecular weight excluding hydrogens is 470 g/mol. The number of hydrogen-bond acceptors (Lipinski definition) is 7. The van der Waals surface area contributed by atoms with E-state index in [2.05, 4.69) is 24.4 Å². The number of benzene rings is 2. The van der Waals surface area contributed by atoms with Crippen molar-refractivity contribution in [2.75, 3.05) is 24.3 Å². The lowest BCUT2D eigenvalue weighted by Crippen LogP contribution is -2.27. The number of anilines is 1. The number of nitrogens with zero attached hydrogens (tertiary/aromatic N) is 2. The van der Waals surface area contributed by atoms with Gasteiger partial charge in [0.15, 0.2) is 16.7 Å². The van der Waals surface area contributed by atoms with Gasteiger partial charge in [0.25, 0.3) is 5.56 Å². The fourth-order valence-electron chi connectivity index (χ4n) is 3.97. The highest BCUT2D eigenvalue weighted by atomic mass is 32.2. The van der Waals surface area contributed by atoms with Crippen molar-refractivity contribution in [3.05, 3.63) is 70.1 Å². The maximum Gasteiger partial charge on any atom is 0.268 e. The highest BCUT2D eigenvalue weighted by Gasteiger charge is 2.26. The first-order chi connectivity index (χ1) is 16.6. The average molecular weight is 496 g/mol. The Labute approximate surface area is 206 Å². The average Bonchev–Trinajstić information content (AvgIpc) is 3.23. The molecule has 3 aromatic rings. The van der Waals surface area contributed by atoms with E-state index in [0.29, 0.717) is 47.4 Å². The second kappa shape index (κ2) is 10.1. The summed E-state index contributed by atoms with van der Waals surface area (Å²) < 4.78 is 12.8. The topological polar surface area (TPSA) is 82.4 Å². The summed E-state index contributed by atoms with van der Waals surface area (Å²) in [5.41, 5.74) is 2.63. The lowest BCUT2D eigenvalue weighted by Gasteiger charge is -2.19. The number of rotatable bonds is 7. The van der Waals surface area contributed by atoms with Crippen molar-refractivity contribution in [1.29, 1.82) is 0 Å². The van der Waals surface area contributed by atoms with Crippen LogP contribution in [0.15, 0.2) is 63.4 Å².